The largest absolute Gasteiger partial charge is 0.495 e. The number of amides is 1. The van der Waals surface area contributed by atoms with Crippen LogP contribution >= 0.6 is 0 Å². The summed E-state index contributed by atoms with van der Waals surface area (Å²) in [5, 5.41) is 2.74. The van der Waals surface area contributed by atoms with Gasteiger partial charge < -0.3 is 19.5 Å². The molecule has 0 saturated heterocycles. The molecule has 164 valence electrons. The summed E-state index contributed by atoms with van der Waals surface area (Å²) in [4.78, 5) is 12.4. The first kappa shape index (κ1) is 23.5. The maximum atomic E-state index is 12.7. The average molecular weight is 437 g/mol. The zero-order chi connectivity index (χ0) is 22.3. The van der Waals surface area contributed by atoms with E-state index in [0.29, 0.717) is 24.5 Å². The van der Waals surface area contributed by atoms with Gasteiger partial charge in [-0.05, 0) is 55.7 Å². The lowest BCUT2D eigenvalue weighted by molar-refractivity contribution is -0.122. The summed E-state index contributed by atoms with van der Waals surface area (Å²) in [5.74, 6) is 1.02. The Morgan fingerprint density at radius 1 is 0.967 bits per heavy atom. The predicted molar refractivity (Wildman–Crippen MR) is 114 cm³/mol. The molecule has 0 radical (unpaired) electrons. The highest BCUT2D eigenvalue weighted by molar-refractivity contribution is 7.89. The molecule has 0 spiro atoms. The number of ether oxygens (including phenoxy) is 3. The quantitative estimate of drug-likeness (QED) is 0.591. The third kappa shape index (κ3) is 5.87. The number of aryl methyl sites for hydroxylation is 1. The molecule has 0 heterocycles. The Balaban J connectivity index is 1.97. The summed E-state index contributed by atoms with van der Waals surface area (Å²) in [6.45, 7) is 3.61. The summed E-state index contributed by atoms with van der Waals surface area (Å²) < 4.78 is 43.4. The minimum atomic E-state index is -3.93. The normalized spacial score (nSPS) is 12.2. The highest BCUT2D eigenvalue weighted by atomic mass is 32.2. The Morgan fingerprint density at radius 3 is 2.23 bits per heavy atom. The molecule has 0 bridgehead atoms. The van der Waals surface area contributed by atoms with Crippen molar-refractivity contribution < 1.29 is 27.4 Å². The van der Waals surface area contributed by atoms with Crippen LogP contribution in [0.5, 0.6) is 17.2 Å². The summed E-state index contributed by atoms with van der Waals surface area (Å²) >= 11 is 0. The van der Waals surface area contributed by atoms with Crippen LogP contribution in [0.2, 0.25) is 0 Å². The van der Waals surface area contributed by atoms with Gasteiger partial charge in [0.15, 0.2) is 11.5 Å². The number of benzene rings is 2. The summed E-state index contributed by atoms with van der Waals surface area (Å²) in [6, 6.07) is 9.39. The summed E-state index contributed by atoms with van der Waals surface area (Å²) in [5.41, 5.74) is 1.72. The van der Waals surface area contributed by atoms with Gasteiger partial charge in [0.1, 0.15) is 10.6 Å². The molecule has 2 rings (SSSR count). The summed E-state index contributed by atoms with van der Waals surface area (Å²) in [7, 11) is 0.585. The van der Waals surface area contributed by atoms with Crippen molar-refractivity contribution in [3.8, 4) is 17.2 Å². The van der Waals surface area contributed by atoms with Crippen LogP contribution in [0.1, 0.15) is 18.1 Å². The van der Waals surface area contributed by atoms with E-state index in [1.807, 2.05) is 12.1 Å². The molecule has 0 unspecified atom stereocenters. The van der Waals surface area contributed by atoms with Crippen molar-refractivity contribution in [2.24, 2.45) is 0 Å². The molecule has 9 heteroatoms. The first-order valence-corrected chi connectivity index (χ1v) is 10.9. The van der Waals surface area contributed by atoms with Crippen molar-refractivity contribution in [1.29, 1.82) is 0 Å². The monoisotopic (exact) mass is 436 g/mol. The second kappa shape index (κ2) is 10.3. The third-order valence-electron chi connectivity index (χ3n) is 4.49. The minimum Gasteiger partial charge on any atom is -0.495 e. The second-order valence-electron chi connectivity index (χ2n) is 6.73. The number of carbonyl (C=O) groups is 1. The molecule has 1 amide bonds. The predicted octanol–water partition coefficient (Wildman–Crippen LogP) is 2.05. The number of carbonyl (C=O) groups excluding carboxylic acids is 1. The van der Waals surface area contributed by atoms with Crippen molar-refractivity contribution in [2.75, 3.05) is 27.9 Å². The van der Waals surface area contributed by atoms with Gasteiger partial charge in [0.2, 0.25) is 15.9 Å². The van der Waals surface area contributed by atoms with E-state index in [0.717, 1.165) is 11.1 Å². The lowest BCUT2D eigenvalue weighted by Crippen LogP contribution is -2.45. The molecule has 2 N–H and O–H groups in total. The van der Waals surface area contributed by atoms with E-state index in [9.17, 15) is 13.2 Å². The van der Waals surface area contributed by atoms with E-state index < -0.39 is 22.0 Å². The number of sulfonamides is 1. The molecule has 0 aliphatic heterocycles. The average Bonchev–Trinajstić information content (AvgIpc) is 2.73. The number of rotatable bonds is 10. The first-order valence-electron chi connectivity index (χ1n) is 9.37. The SMILES string of the molecule is COc1ccc(CCNC(=O)[C@H](C)NS(=O)(=O)c2cc(C)ccc2OC)cc1OC. The van der Waals surface area contributed by atoms with Crippen LogP contribution in [0.4, 0.5) is 0 Å². The Hall–Kier alpha value is -2.78. The second-order valence-corrected chi connectivity index (χ2v) is 8.41. The topological polar surface area (TPSA) is 103 Å². The van der Waals surface area contributed by atoms with Crippen molar-refractivity contribution in [3.05, 3.63) is 47.5 Å². The highest BCUT2D eigenvalue weighted by Gasteiger charge is 2.25. The molecule has 0 saturated carbocycles. The minimum absolute atomic E-state index is 0.00465. The van der Waals surface area contributed by atoms with Crippen LogP contribution in [0.15, 0.2) is 41.3 Å². The molecular weight excluding hydrogens is 408 g/mol. The Kier molecular flexibility index (Phi) is 8.08. The molecule has 0 aliphatic rings. The van der Waals surface area contributed by atoms with Crippen molar-refractivity contribution in [3.63, 3.8) is 0 Å². The van der Waals surface area contributed by atoms with E-state index in [2.05, 4.69) is 10.0 Å². The molecule has 0 aromatic heterocycles. The fourth-order valence-electron chi connectivity index (χ4n) is 2.86. The van der Waals surface area contributed by atoms with Gasteiger partial charge in [-0.15, -0.1) is 0 Å². The van der Waals surface area contributed by atoms with Gasteiger partial charge in [-0.1, -0.05) is 12.1 Å². The molecule has 0 fully saturated rings. The standard InChI is InChI=1S/C21H28N2O6S/c1-14-6-8-18(28-4)20(12-14)30(25,26)23-15(2)21(24)22-11-10-16-7-9-17(27-3)19(13-16)29-5/h6-9,12-13,15,23H,10-11H2,1-5H3,(H,22,24)/t15-/m0/s1. The van der Waals surface area contributed by atoms with E-state index in [4.69, 9.17) is 14.2 Å². The Bertz CT molecular complexity index is 991. The van der Waals surface area contributed by atoms with Gasteiger partial charge in [-0.25, -0.2) is 8.42 Å². The molecule has 30 heavy (non-hydrogen) atoms. The van der Waals surface area contributed by atoms with E-state index in [1.54, 1.807) is 39.3 Å². The van der Waals surface area contributed by atoms with Crippen molar-refractivity contribution in [1.82, 2.24) is 10.0 Å². The lowest BCUT2D eigenvalue weighted by Gasteiger charge is -2.16. The maximum absolute atomic E-state index is 12.7. The van der Waals surface area contributed by atoms with Gasteiger partial charge >= 0.3 is 0 Å². The van der Waals surface area contributed by atoms with Crippen LogP contribution in [-0.2, 0) is 21.2 Å². The third-order valence-corrected chi connectivity index (χ3v) is 6.06. The smallest absolute Gasteiger partial charge is 0.244 e. The van der Waals surface area contributed by atoms with Crippen LogP contribution in [0, 0.1) is 6.92 Å². The van der Waals surface area contributed by atoms with Gasteiger partial charge in [0.25, 0.3) is 0 Å². The van der Waals surface area contributed by atoms with Crippen LogP contribution < -0.4 is 24.2 Å². The van der Waals surface area contributed by atoms with Crippen molar-refractivity contribution >= 4 is 15.9 Å². The van der Waals surface area contributed by atoms with Crippen LogP contribution in [0.3, 0.4) is 0 Å². The van der Waals surface area contributed by atoms with E-state index in [1.165, 1.54) is 20.1 Å². The zero-order valence-electron chi connectivity index (χ0n) is 17.8. The first-order chi connectivity index (χ1) is 14.2. The van der Waals surface area contributed by atoms with E-state index in [-0.39, 0.29) is 10.6 Å². The number of hydrogen-bond acceptors (Lipinski definition) is 6. The molecule has 2 aromatic carbocycles. The summed E-state index contributed by atoms with van der Waals surface area (Å²) in [6.07, 6.45) is 0.553. The van der Waals surface area contributed by atoms with E-state index >= 15 is 0 Å². The number of nitrogens with one attached hydrogen (secondary N) is 2. The molecule has 2 aromatic rings. The Labute approximate surface area is 177 Å². The van der Waals surface area contributed by atoms with Gasteiger partial charge in [-0.3, -0.25) is 4.79 Å². The van der Waals surface area contributed by atoms with Crippen LogP contribution in [0.25, 0.3) is 0 Å². The van der Waals surface area contributed by atoms with Gasteiger partial charge in [0, 0.05) is 6.54 Å². The lowest BCUT2D eigenvalue weighted by atomic mass is 10.1. The fraction of sp³-hybridized carbons (Fsp3) is 0.381. The van der Waals surface area contributed by atoms with Gasteiger partial charge in [-0.2, -0.15) is 4.72 Å². The molecular formula is C21H28N2O6S. The molecule has 1 atom stereocenters. The van der Waals surface area contributed by atoms with Crippen molar-refractivity contribution in [2.45, 2.75) is 31.2 Å². The Morgan fingerprint density at radius 2 is 1.60 bits per heavy atom. The number of hydrogen-bond donors (Lipinski definition) is 2. The molecule has 0 aliphatic carbocycles. The molecule has 8 nitrogen and oxygen atoms in total. The van der Waals surface area contributed by atoms with Crippen LogP contribution in [-0.4, -0.2) is 48.2 Å². The maximum Gasteiger partial charge on any atom is 0.244 e. The number of methoxy groups -OCH3 is 3. The zero-order valence-corrected chi connectivity index (χ0v) is 18.6. The highest BCUT2D eigenvalue weighted by Crippen LogP contribution is 2.27. The fourth-order valence-corrected chi connectivity index (χ4v) is 4.32. The van der Waals surface area contributed by atoms with Gasteiger partial charge in [0.05, 0.1) is 27.4 Å².